The second kappa shape index (κ2) is 4.10. The quantitative estimate of drug-likeness (QED) is 0.539. The van der Waals surface area contributed by atoms with Crippen LogP contribution in [0.2, 0.25) is 0 Å². The Hall–Kier alpha value is -0.290. The van der Waals surface area contributed by atoms with Gasteiger partial charge in [-0.3, -0.25) is 0 Å². The van der Waals surface area contributed by atoms with E-state index in [2.05, 4.69) is 59.2 Å². The summed E-state index contributed by atoms with van der Waals surface area (Å²) in [7, 11) is 0. The maximum Gasteiger partial charge on any atom is 0.127 e. The average Bonchev–Trinajstić information content (AvgIpc) is 2.74. The molecule has 2 nitrogen and oxygen atoms in total. The molecule has 1 aromatic heterocycles. The predicted molar refractivity (Wildman–Crippen MR) is 84.2 cm³/mol. The normalized spacial score (nSPS) is 23.3. The molecule has 96 valence electrons. The van der Waals surface area contributed by atoms with Gasteiger partial charge < -0.3 is 4.57 Å². The average molecular weight is 375 g/mol. The third kappa shape index (κ3) is 1.95. The van der Waals surface area contributed by atoms with Crippen LogP contribution in [0.1, 0.15) is 44.4 Å². The fraction of sp³-hybridized carbons (Fsp3) is 0.500. The lowest BCUT2D eigenvalue weighted by atomic mass is 10.2. The number of fused-ring (bicyclic) bond motifs is 1. The topological polar surface area (TPSA) is 17.8 Å². The van der Waals surface area contributed by atoms with Gasteiger partial charge in [0.15, 0.2) is 0 Å². The van der Waals surface area contributed by atoms with Crippen LogP contribution in [0.3, 0.4) is 0 Å². The zero-order valence-corrected chi connectivity index (χ0v) is 13.7. The highest BCUT2D eigenvalue weighted by Gasteiger charge is 2.48. The molecule has 0 saturated heterocycles. The minimum absolute atomic E-state index is 0.0496. The second-order valence-corrected chi connectivity index (χ2v) is 7.70. The minimum Gasteiger partial charge on any atom is -0.323 e. The third-order valence-electron chi connectivity index (χ3n) is 3.81. The fourth-order valence-corrected chi connectivity index (χ4v) is 3.21. The maximum atomic E-state index is 6.30. The standard InChI is InChI=1S/C14H16ClIN2/c1-8(15)13-17-10-6-9(16)4-5-11(10)18(13)12-7-14(12,2)3/h4-6,8,12H,7H2,1-3H3. The summed E-state index contributed by atoms with van der Waals surface area (Å²) in [6.45, 7) is 6.61. The van der Waals surface area contributed by atoms with Crippen LogP contribution in [0.15, 0.2) is 18.2 Å². The van der Waals surface area contributed by atoms with Gasteiger partial charge in [-0.15, -0.1) is 11.6 Å². The van der Waals surface area contributed by atoms with Crippen molar-refractivity contribution in [2.45, 2.75) is 38.6 Å². The van der Waals surface area contributed by atoms with Crippen LogP contribution in [0.5, 0.6) is 0 Å². The molecular weight excluding hydrogens is 359 g/mol. The van der Waals surface area contributed by atoms with Crippen LogP contribution in [-0.4, -0.2) is 9.55 Å². The number of nitrogens with zero attached hydrogens (tertiary/aromatic N) is 2. The van der Waals surface area contributed by atoms with E-state index in [1.165, 1.54) is 15.5 Å². The summed E-state index contributed by atoms with van der Waals surface area (Å²) in [6.07, 6.45) is 1.21. The first-order chi connectivity index (χ1) is 8.40. The molecule has 1 heterocycles. The smallest absolute Gasteiger partial charge is 0.127 e. The lowest BCUT2D eigenvalue weighted by molar-refractivity contribution is 0.535. The number of imidazole rings is 1. The number of halogens is 2. The molecule has 0 bridgehead atoms. The van der Waals surface area contributed by atoms with E-state index in [1.807, 2.05) is 6.92 Å². The molecule has 3 rings (SSSR count). The molecule has 1 saturated carbocycles. The Morgan fingerprint density at radius 3 is 2.72 bits per heavy atom. The van der Waals surface area contributed by atoms with Crippen molar-refractivity contribution >= 4 is 45.2 Å². The lowest BCUT2D eigenvalue weighted by Gasteiger charge is -2.12. The number of rotatable bonds is 2. The van der Waals surface area contributed by atoms with Gasteiger partial charge in [-0.25, -0.2) is 4.98 Å². The maximum absolute atomic E-state index is 6.30. The molecule has 0 amide bonds. The first-order valence-electron chi connectivity index (χ1n) is 6.21. The van der Waals surface area contributed by atoms with Crippen molar-refractivity contribution < 1.29 is 0 Å². The zero-order valence-electron chi connectivity index (χ0n) is 10.7. The predicted octanol–water partition coefficient (Wildman–Crippen LogP) is 4.91. The molecule has 2 unspecified atom stereocenters. The van der Waals surface area contributed by atoms with Gasteiger partial charge in [0.2, 0.25) is 0 Å². The molecule has 18 heavy (non-hydrogen) atoms. The van der Waals surface area contributed by atoms with Crippen LogP contribution >= 0.6 is 34.2 Å². The van der Waals surface area contributed by atoms with Gasteiger partial charge in [-0.05, 0) is 59.5 Å². The molecule has 0 spiro atoms. The van der Waals surface area contributed by atoms with Gasteiger partial charge in [0, 0.05) is 9.61 Å². The first-order valence-corrected chi connectivity index (χ1v) is 7.73. The van der Waals surface area contributed by atoms with Crippen molar-refractivity contribution in [1.82, 2.24) is 9.55 Å². The van der Waals surface area contributed by atoms with Crippen molar-refractivity contribution in [3.8, 4) is 0 Å². The van der Waals surface area contributed by atoms with Crippen molar-refractivity contribution in [2.24, 2.45) is 5.41 Å². The van der Waals surface area contributed by atoms with Crippen LogP contribution in [0.25, 0.3) is 11.0 Å². The number of hydrogen-bond acceptors (Lipinski definition) is 1. The first kappa shape index (κ1) is 12.7. The van der Waals surface area contributed by atoms with Crippen LogP contribution < -0.4 is 0 Å². The summed E-state index contributed by atoms with van der Waals surface area (Å²) >= 11 is 8.62. The Morgan fingerprint density at radius 1 is 1.50 bits per heavy atom. The molecular formula is C14H16ClIN2. The molecule has 0 N–H and O–H groups in total. The fourth-order valence-electron chi connectivity index (χ4n) is 2.58. The number of alkyl halides is 1. The van der Waals surface area contributed by atoms with E-state index in [0.717, 1.165) is 11.3 Å². The summed E-state index contributed by atoms with van der Waals surface area (Å²) in [4.78, 5) is 4.73. The largest absolute Gasteiger partial charge is 0.323 e. The molecule has 1 fully saturated rings. The van der Waals surface area contributed by atoms with Gasteiger partial charge in [0.05, 0.1) is 16.4 Å². The Labute approximate surface area is 126 Å². The van der Waals surface area contributed by atoms with Gasteiger partial charge in [0.1, 0.15) is 5.82 Å². The van der Waals surface area contributed by atoms with Gasteiger partial charge in [0.25, 0.3) is 0 Å². The molecule has 4 heteroatoms. The van der Waals surface area contributed by atoms with Crippen LogP contribution in [0.4, 0.5) is 0 Å². The SMILES string of the molecule is CC(Cl)c1nc2cc(I)ccc2n1C1CC1(C)C. The highest BCUT2D eigenvalue weighted by atomic mass is 127. The van der Waals surface area contributed by atoms with Gasteiger partial charge >= 0.3 is 0 Å². The second-order valence-electron chi connectivity index (χ2n) is 5.80. The van der Waals surface area contributed by atoms with E-state index in [-0.39, 0.29) is 5.38 Å². The minimum atomic E-state index is -0.0496. The Balaban J connectivity index is 2.23. The van der Waals surface area contributed by atoms with E-state index < -0.39 is 0 Å². The Morgan fingerprint density at radius 2 is 2.17 bits per heavy atom. The van der Waals surface area contributed by atoms with Gasteiger partial charge in [-0.1, -0.05) is 13.8 Å². The van der Waals surface area contributed by atoms with Crippen molar-refractivity contribution in [1.29, 1.82) is 0 Å². The van der Waals surface area contributed by atoms with Crippen LogP contribution in [0, 0.1) is 8.99 Å². The zero-order chi connectivity index (χ0) is 13.1. The Kier molecular flexibility index (Phi) is 2.90. The third-order valence-corrected chi connectivity index (χ3v) is 4.67. The highest BCUT2D eigenvalue weighted by Crippen LogP contribution is 2.57. The van der Waals surface area contributed by atoms with Crippen molar-refractivity contribution in [3.05, 3.63) is 27.6 Å². The van der Waals surface area contributed by atoms with E-state index in [4.69, 9.17) is 16.6 Å². The van der Waals surface area contributed by atoms with E-state index in [9.17, 15) is 0 Å². The van der Waals surface area contributed by atoms with E-state index in [0.29, 0.717) is 11.5 Å². The molecule has 2 aromatic rings. The lowest BCUT2D eigenvalue weighted by Crippen LogP contribution is -2.06. The summed E-state index contributed by atoms with van der Waals surface area (Å²) < 4.78 is 3.57. The van der Waals surface area contributed by atoms with E-state index >= 15 is 0 Å². The van der Waals surface area contributed by atoms with Crippen LogP contribution in [-0.2, 0) is 0 Å². The van der Waals surface area contributed by atoms with Crippen molar-refractivity contribution in [3.63, 3.8) is 0 Å². The molecule has 0 radical (unpaired) electrons. The number of aromatic nitrogens is 2. The Bertz CT molecular complexity index is 616. The highest BCUT2D eigenvalue weighted by molar-refractivity contribution is 14.1. The number of benzene rings is 1. The summed E-state index contributed by atoms with van der Waals surface area (Å²) in [5, 5.41) is -0.0496. The summed E-state index contributed by atoms with van der Waals surface area (Å²) in [5.41, 5.74) is 2.65. The molecule has 0 aliphatic heterocycles. The number of hydrogen-bond donors (Lipinski definition) is 0. The molecule has 1 aliphatic rings. The molecule has 2 atom stereocenters. The molecule has 1 aromatic carbocycles. The summed E-state index contributed by atoms with van der Waals surface area (Å²) in [5.74, 6) is 1.00. The molecule has 1 aliphatic carbocycles. The van der Waals surface area contributed by atoms with Gasteiger partial charge in [-0.2, -0.15) is 0 Å². The van der Waals surface area contributed by atoms with Crippen molar-refractivity contribution in [2.75, 3.05) is 0 Å². The summed E-state index contributed by atoms with van der Waals surface area (Å²) in [6, 6.07) is 6.98. The van der Waals surface area contributed by atoms with E-state index in [1.54, 1.807) is 0 Å². The monoisotopic (exact) mass is 374 g/mol.